The first-order chi connectivity index (χ1) is 10.9. The van der Waals surface area contributed by atoms with Crippen molar-refractivity contribution >= 4 is 11.8 Å². The monoisotopic (exact) mass is 321 g/mol. The maximum Gasteiger partial charge on any atom is 0.251 e. The summed E-state index contributed by atoms with van der Waals surface area (Å²) in [4.78, 5) is 29.0. The zero-order valence-electron chi connectivity index (χ0n) is 13.9. The van der Waals surface area contributed by atoms with Gasteiger partial charge in [-0.2, -0.15) is 0 Å². The molecule has 6 heteroatoms. The van der Waals surface area contributed by atoms with Gasteiger partial charge in [0.25, 0.3) is 5.91 Å². The molecule has 2 rings (SSSR count). The van der Waals surface area contributed by atoms with Crippen molar-refractivity contribution in [3.63, 3.8) is 0 Å². The van der Waals surface area contributed by atoms with Crippen molar-refractivity contribution in [1.82, 2.24) is 15.1 Å². The van der Waals surface area contributed by atoms with Crippen LogP contribution in [0.15, 0.2) is 24.3 Å². The van der Waals surface area contributed by atoms with Crippen molar-refractivity contribution < 1.29 is 14.0 Å². The van der Waals surface area contributed by atoms with Crippen molar-refractivity contribution in [2.24, 2.45) is 5.92 Å². The molecule has 2 amide bonds. The molecule has 0 spiro atoms. The molecule has 1 aromatic rings. The Bertz CT molecular complexity index is 551. The predicted molar refractivity (Wildman–Crippen MR) is 86.6 cm³/mol. The number of rotatable bonds is 4. The summed E-state index contributed by atoms with van der Waals surface area (Å²) in [5.74, 6) is -0.822. The van der Waals surface area contributed by atoms with Gasteiger partial charge in [0.2, 0.25) is 5.91 Å². The zero-order chi connectivity index (χ0) is 17.0. The highest BCUT2D eigenvalue weighted by Crippen LogP contribution is 2.11. The zero-order valence-corrected chi connectivity index (χ0v) is 13.9. The van der Waals surface area contributed by atoms with Gasteiger partial charge in [0.05, 0.1) is 0 Å². The molecule has 1 saturated heterocycles. The molecular weight excluding hydrogens is 297 g/mol. The summed E-state index contributed by atoms with van der Waals surface area (Å²) >= 11 is 0. The fourth-order valence-electron chi connectivity index (χ4n) is 2.56. The molecule has 1 aliphatic rings. The molecule has 1 atom stereocenters. The Morgan fingerprint density at radius 1 is 1.09 bits per heavy atom. The normalized spacial score (nSPS) is 17.2. The second-order valence-electron chi connectivity index (χ2n) is 6.33. The van der Waals surface area contributed by atoms with Gasteiger partial charge in [-0.15, -0.1) is 0 Å². The fraction of sp³-hybridized carbons (Fsp3) is 0.529. The van der Waals surface area contributed by atoms with Crippen LogP contribution in [0.1, 0.15) is 24.2 Å². The van der Waals surface area contributed by atoms with Gasteiger partial charge in [0, 0.05) is 31.7 Å². The number of hydrogen-bond donors (Lipinski definition) is 1. The van der Waals surface area contributed by atoms with Gasteiger partial charge in [0.1, 0.15) is 11.9 Å². The van der Waals surface area contributed by atoms with Crippen molar-refractivity contribution in [2.75, 3.05) is 33.2 Å². The summed E-state index contributed by atoms with van der Waals surface area (Å²) in [5.41, 5.74) is 0.350. The summed E-state index contributed by atoms with van der Waals surface area (Å²) in [5, 5.41) is 2.79. The number of halogens is 1. The van der Waals surface area contributed by atoms with Crippen LogP contribution in [0.25, 0.3) is 0 Å². The maximum atomic E-state index is 12.9. The first-order valence-electron chi connectivity index (χ1n) is 7.92. The first-order valence-corrected chi connectivity index (χ1v) is 7.92. The van der Waals surface area contributed by atoms with Gasteiger partial charge in [-0.1, -0.05) is 13.8 Å². The largest absolute Gasteiger partial charge is 0.340 e. The van der Waals surface area contributed by atoms with E-state index in [2.05, 4.69) is 10.2 Å². The molecule has 1 N–H and O–H groups in total. The van der Waals surface area contributed by atoms with Crippen molar-refractivity contribution in [2.45, 2.75) is 19.9 Å². The summed E-state index contributed by atoms with van der Waals surface area (Å²) in [7, 11) is 2.03. The average molecular weight is 321 g/mol. The van der Waals surface area contributed by atoms with E-state index in [1.54, 1.807) is 4.90 Å². The third-order valence-corrected chi connectivity index (χ3v) is 4.14. The van der Waals surface area contributed by atoms with Crippen LogP contribution in [0.2, 0.25) is 0 Å². The van der Waals surface area contributed by atoms with Gasteiger partial charge >= 0.3 is 0 Å². The van der Waals surface area contributed by atoms with Crippen molar-refractivity contribution in [3.05, 3.63) is 35.6 Å². The second-order valence-corrected chi connectivity index (χ2v) is 6.33. The summed E-state index contributed by atoms with van der Waals surface area (Å²) < 4.78 is 12.9. The van der Waals surface area contributed by atoms with Crippen LogP contribution in [0.3, 0.4) is 0 Å². The second kappa shape index (κ2) is 7.55. The van der Waals surface area contributed by atoms with Gasteiger partial charge in [-0.25, -0.2) is 4.39 Å². The third kappa shape index (κ3) is 4.51. The van der Waals surface area contributed by atoms with Gasteiger partial charge in [-0.05, 0) is 37.2 Å². The Kier molecular flexibility index (Phi) is 5.71. The molecule has 0 unspecified atom stereocenters. The third-order valence-electron chi connectivity index (χ3n) is 4.14. The van der Waals surface area contributed by atoms with E-state index < -0.39 is 11.9 Å². The van der Waals surface area contributed by atoms with Crippen molar-refractivity contribution in [1.29, 1.82) is 0 Å². The van der Waals surface area contributed by atoms with E-state index in [-0.39, 0.29) is 17.7 Å². The molecule has 0 aromatic heterocycles. The standard InChI is InChI=1S/C17H24FN3O2/c1-12(2)15(17(23)21-10-8-20(3)9-11-21)19-16(22)13-4-6-14(18)7-5-13/h4-7,12,15H,8-11H2,1-3H3,(H,19,22)/t15-/m0/s1. The van der Waals surface area contributed by atoms with Gasteiger partial charge < -0.3 is 15.1 Å². The van der Waals surface area contributed by atoms with Crippen LogP contribution in [0.5, 0.6) is 0 Å². The van der Waals surface area contributed by atoms with Gasteiger partial charge in [-0.3, -0.25) is 9.59 Å². The number of nitrogens with one attached hydrogen (secondary N) is 1. The fourth-order valence-corrected chi connectivity index (χ4v) is 2.56. The Labute approximate surface area is 136 Å². The van der Waals surface area contributed by atoms with Crippen LogP contribution >= 0.6 is 0 Å². The molecule has 5 nitrogen and oxygen atoms in total. The SMILES string of the molecule is CC(C)[C@H](NC(=O)c1ccc(F)cc1)C(=O)N1CCN(C)CC1. The molecule has 1 heterocycles. The lowest BCUT2D eigenvalue weighted by Crippen LogP contribution is -2.55. The Morgan fingerprint density at radius 2 is 1.65 bits per heavy atom. The molecule has 126 valence electrons. The maximum absolute atomic E-state index is 12.9. The number of piperazine rings is 1. The minimum atomic E-state index is -0.573. The quantitative estimate of drug-likeness (QED) is 0.911. The Hall–Kier alpha value is -1.95. The topological polar surface area (TPSA) is 52.7 Å². The van der Waals surface area contributed by atoms with Crippen LogP contribution in [0.4, 0.5) is 4.39 Å². The highest BCUT2D eigenvalue weighted by Gasteiger charge is 2.30. The molecule has 1 aromatic carbocycles. The van der Waals surface area contributed by atoms with E-state index in [1.165, 1.54) is 24.3 Å². The molecule has 0 aliphatic carbocycles. The Balaban J connectivity index is 2.04. The van der Waals surface area contributed by atoms with E-state index in [4.69, 9.17) is 0 Å². The predicted octanol–water partition coefficient (Wildman–Crippen LogP) is 1.35. The smallest absolute Gasteiger partial charge is 0.251 e. The summed E-state index contributed by atoms with van der Waals surface area (Å²) in [6, 6.07) is 4.74. The molecule has 0 bridgehead atoms. The number of amides is 2. The number of nitrogens with zero attached hydrogens (tertiary/aromatic N) is 2. The van der Waals surface area contributed by atoms with Crippen LogP contribution < -0.4 is 5.32 Å². The van der Waals surface area contributed by atoms with E-state index in [9.17, 15) is 14.0 Å². The van der Waals surface area contributed by atoms with Gasteiger partial charge in [0.15, 0.2) is 0 Å². The lowest BCUT2D eigenvalue weighted by molar-refractivity contribution is -0.135. The highest BCUT2D eigenvalue weighted by atomic mass is 19.1. The molecular formula is C17H24FN3O2. The molecule has 1 aliphatic heterocycles. The van der Waals surface area contributed by atoms with E-state index in [1.807, 2.05) is 20.9 Å². The van der Waals surface area contributed by atoms with Crippen molar-refractivity contribution in [3.8, 4) is 0 Å². The number of benzene rings is 1. The molecule has 0 radical (unpaired) electrons. The number of likely N-dealkylation sites (N-methyl/N-ethyl adjacent to an activating group) is 1. The minimum Gasteiger partial charge on any atom is -0.340 e. The van der Waals surface area contributed by atoms with E-state index >= 15 is 0 Å². The minimum absolute atomic E-state index is 0.0217. The number of carbonyl (C=O) groups excluding carboxylic acids is 2. The Morgan fingerprint density at radius 3 is 2.17 bits per heavy atom. The highest BCUT2D eigenvalue weighted by molar-refractivity contribution is 5.97. The van der Waals surface area contributed by atoms with Crippen LogP contribution in [-0.4, -0.2) is 60.9 Å². The number of carbonyl (C=O) groups is 2. The molecule has 1 fully saturated rings. The first kappa shape index (κ1) is 17.4. The average Bonchev–Trinajstić information content (AvgIpc) is 2.53. The summed E-state index contributed by atoms with van der Waals surface area (Å²) in [6.45, 7) is 6.83. The molecule has 0 saturated carbocycles. The molecule has 23 heavy (non-hydrogen) atoms. The van der Waals surface area contributed by atoms with E-state index in [0.717, 1.165) is 13.1 Å². The number of hydrogen-bond acceptors (Lipinski definition) is 3. The van der Waals surface area contributed by atoms with Crippen LogP contribution in [-0.2, 0) is 4.79 Å². The lowest BCUT2D eigenvalue weighted by atomic mass is 10.0. The van der Waals surface area contributed by atoms with E-state index in [0.29, 0.717) is 18.7 Å². The summed E-state index contributed by atoms with van der Waals surface area (Å²) in [6.07, 6.45) is 0. The lowest BCUT2D eigenvalue weighted by Gasteiger charge is -2.35. The van der Waals surface area contributed by atoms with Crippen LogP contribution in [0, 0.1) is 11.7 Å².